The lowest BCUT2D eigenvalue weighted by Crippen LogP contribution is -2.16. The van der Waals surface area contributed by atoms with Crippen LogP contribution in [0.1, 0.15) is 26.6 Å². The topological polar surface area (TPSA) is 52.1 Å². The minimum atomic E-state index is -0.262. The third kappa shape index (κ3) is 4.63. The number of esters is 1. The van der Waals surface area contributed by atoms with E-state index in [1.807, 2.05) is 20.8 Å². The molecule has 1 heterocycles. The molecule has 17 heavy (non-hydrogen) atoms. The molecular weight excluding hydrogens is 304 g/mol. The number of aromatic nitrogens is 2. The van der Waals surface area contributed by atoms with E-state index >= 15 is 0 Å². The number of hydrogen-bond donors (Lipinski definition) is 0. The second-order valence-electron chi connectivity index (χ2n) is 4.47. The SMILES string of the molecule is COC(=O)CSc1cc(Br)nc(C(C)(C)C)n1. The number of rotatable bonds is 3. The highest BCUT2D eigenvalue weighted by Crippen LogP contribution is 2.25. The Morgan fingerprint density at radius 2 is 2.12 bits per heavy atom. The van der Waals surface area contributed by atoms with Gasteiger partial charge in [0.25, 0.3) is 0 Å². The second-order valence-corrected chi connectivity index (χ2v) is 6.28. The first-order valence-corrected chi connectivity index (χ1v) is 6.85. The molecule has 94 valence electrons. The molecule has 0 atom stereocenters. The Bertz CT molecular complexity index is 418. The monoisotopic (exact) mass is 318 g/mol. The van der Waals surface area contributed by atoms with E-state index in [0.717, 1.165) is 15.5 Å². The Labute approximate surface area is 114 Å². The molecule has 0 unspecified atom stereocenters. The number of hydrogen-bond acceptors (Lipinski definition) is 5. The summed E-state index contributed by atoms with van der Waals surface area (Å²) >= 11 is 4.69. The minimum absolute atomic E-state index is 0.121. The van der Waals surface area contributed by atoms with Crippen molar-refractivity contribution in [3.8, 4) is 0 Å². The van der Waals surface area contributed by atoms with Gasteiger partial charge in [0.15, 0.2) is 0 Å². The Kier molecular flexibility index (Phi) is 4.94. The van der Waals surface area contributed by atoms with Crippen LogP contribution < -0.4 is 0 Å². The fourth-order valence-electron chi connectivity index (χ4n) is 0.998. The number of thioether (sulfide) groups is 1. The largest absolute Gasteiger partial charge is 0.468 e. The highest BCUT2D eigenvalue weighted by molar-refractivity contribution is 9.10. The summed E-state index contributed by atoms with van der Waals surface area (Å²) in [5.74, 6) is 0.741. The Balaban J connectivity index is 2.87. The summed E-state index contributed by atoms with van der Waals surface area (Å²) in [6, 6.07) is 1.79. The van der Waals surface area contributed by atoms with Crippen molar-refractivity contribution in [3.63, 3.8) is 0 Å². The summed E-state index contributed by atoms with van der Waals surface area (Å²) < 4.78 is 5.31. The maximum atomic E-state index is 11.1. The van der Waals surface area contributed by atoms with Gasteiger partial charge >= 0.3 is 5.97 Å². The standard InChI is InChI=1S/C11H15BrN2O2S/c1-11(2,3)10-13-7(12)5-8(14-10)17-6-9(15)16-4/h5H,6H2,1-4H3. The van der Waals surface area contributed by atoms with Crippen LogP contribution in [0.3, 0.4) is 0 Å². The van der Waals surface area contributed by atoms with E-state index in [4.69, 9.17) is 0 Å². The van der Waals surface area contributed by atoms with Gasteiger partial charge in [-0.15, -0.1) is 0 Å². The Morgan fingerprint density at radius 3 is 2.65 bits per heavy atom. The van der Waals surface area contributed by atoms with Gasteiger partial charge in [-0.05, 0) is 15.9 Å². The van der Waals surface area contributed by atoms with Crippen LogP contribution in [0.15, 0.2) is 15.7 Å². The van der Waals surface area contributed by atoms with Crippen LogP contribution in [0.5, 0.6) is 0 Å². The van der Waals surface area contributed by atoms with Gasteiger partial charge < -0.3 is 4.74 Å². The molecule has 0 amide bonds. The van der Waals surface area contributed by atoms with Gasteiger partial charge in [0.2, 0.25) is 0 Å². The minimum Gasteiger partial charge on any atom is -0.468 e. The summed E-state index contributed by atoms with van der Waals surface area (Å²) in [7, 11) is 1.37. The molecule has 0 spiro atoms. The van der Waals surface area contributed by atoms with E-state index in [0.29, 0.717) is 0 Å². The van der Waals surface area contributed by atoms with Crippen molar-refractivity contribution in [2.24, 2.45) is 0 Å². The van der Waals surface area contributed by atoms with Gasteiger partial charge in [0.05, 0.1) is 12.9 Å². The fourth-order valence-corrected chi connectivity index (χ4v) is 2.26. The van der Waals surface area contributed by atoms with Gasteiger partial charge in [-0.25, -0.2) is 9.97 Å². The summed E-state index contributed by atoms with van der Waals surface area (Å²) in [4.78, 5) is 19.8. The molecular formula is C11H15BrN2O2S. The molecule has 0 aliphatic rings. The van der Waals surface area contributed by atoms with Gasteiger partial charge in [0.1, 0.15) is 15.5 Å². The molecule has 0 aromatic carbocycles. The average molecular weight is 319 g/mol. The summed E-state index contributed by atoms with van der Waals surface area (Å²) in [5, 5.41) is 0.766. The van der Waals surface area contributed by atoms with Crippen LogP contribution in [0.4, 0.5) is 0 Å². The maximum Gasteiger partial charge on any atom is 0.316 e. The van der Waals surface area contributed by atoms with Gasteiger partial charge in [-0.1, -0.05) is 32.5 Å². The van der Waals surface area contributed by atoms with Gasteiger partial charge in [-0.2, -0.15) is 0 Å². The first-order chi connectivity index (χ1) is 7.82. The van der Waals surface area contributed by atoms with Crippen LogP contribution in [-0.4, -0.2) is 28.8 Å². The second kappa shape index (κ2) is 5.82. The molecule has 1 aromatic rings. The van der Waals surface area contributed by atoms with E-state index in [1.165, 1.54) is 18.9 Å². The van der Waals surface area contributed by atoms with Crippen LogP contribution in [0.2, 0.25) is 0 Å². The van der Waals surface area contributed by atoms with E-state index in [-0.39, 0.29) is 17.1 Å². The smallest absolute Gasteiger partial charge is 0.316 e. The predicted molar refractivity (Wildman–Crippen MR) is 71.2 cm³/mol. The molecule has 0 bridgehead atoms. The molecule has 0 saturated heterocycles. The highest BCUT2D eigenvalue weighted by Gasteiger charge is 2.19. The molecule has 1 rings (SSSR count). The lowest BCUT2D eigenvalue weighted by Gasteiger charge is -2.17. The molecule has 1 aromatic heterocycles. The number of ether oxygens (including phenoxy) is 1. The number of carbonyl (C=O) groups excluding carboxylic acids is 1. The molecule has 0 radical (unpaired) electrons. The molecule has 0 saturated carbocycles. The molecule has 6 heteroatoms. The zero-order chi connectivity index (χ0) is 13.1. The molecule has 4 nitrogen and oxygen atoms in total. The first-order valence-electron chi connectivity index (χ1n) is 5.07. The molecule has 0 aliphatic heterocycles. The third-order valence-corrected chi connectivity index (χ3v) is 3.20. The van der Waals surface area contributed by atoms with Crippen molar-refractivity contribution in [1.29, 1.82) is 0 Å². The van der Waals surface area contributed by atoms with Crippen LogP contribution >= 0.6 is 27.7 Å². The number of carbonyl (C=O) groups is 1. The van der Waals surface area contributed by atoms with Crippen molar-refractivity contribution in [2.75, 3.05) is 12.9 Å². The van der Waals surface area contributed by atoms with E-state index in [2.05, 4.69) is 30.6 Å². The third-order valence-electron chi connectivity index (χ3n) is 1.91. The zero-order valence-corrected chi connectivity index (χ0v) is 12.7. The van der Waals surface area contributed by atoms with Crippen molar-refractivity contribution < 1.29 is 9.53 Å². The molecule has 0 N–H and O–H groups in total. The van der Waals surface area contributed by atoms with E-state index in [9.17, 15) is 4.79 Å². The van der Waals surface area contributed by atoms with Gasteiger partial charge in [-0.3, -0.25) is 4.79 Å². The van der Waals surface area contributed by atoms with Crippen molar-refractivity contribution >= 4 is 33.7 Å². The first kappa shape index (κ1) is 14.4. The van der Waals surface area contributed by atoms with Crippen molar-refractivity contribution in [1.82, 2.24) is 9.97 Å². The van der Waals surface area contributed by atoms with Crippen LogP contribution in [0, 0.1) is 0 Å². The quantitative estimate of drug-likeness (QED) is 0.487. The van der Waals surface area contributed by atoms with Crippen molar-refractivity contribution in [2.45, 2.75) is 31.2 Å². The Morgan fingerprint density at radius 1 is 1.47 bits per heavy atom. The predicted octanol–water partition coefficient (Wildman–Crippen LogP) is 2.80. The Hall–Kier alpha value is -0.620. The van der Waals surface area contributed by atoms with Gasteiger partial charge in [0, 0.05) is 11.5 Å². The normalized spacial score (nSPS) is 11.4. The maximum absolute atomic E-state index is 11.1. The number of nitrogens with zero attached hydrogens (tertiary/aromatic N) is 2. The lowest BCUT2D eigenvalue weighted by molar-refractivity contribution is -0.137. The average Bonchev–Trinajstić information content (AvgIpc) is 2.24. The fraction of sp³-hybridized carbons (Fsp3) is 0.545. The molecule has 0 fully saturated rings. The van der Waals surface area contributed by atoms with Crippen LogP contribution in [-0.2, 0) is 14.9 Å². The highest BCUT2D eigenvalue weighted by atomic mass is 79.9. The molecule has 0 aliphatic carbocycles. The summed E-state index contributed by atoms with van der Waals surface area (Å²) in [5.41, 5.74) is -0.121. The zero-order valence-electron chi connectivity index (χ0n) is 10.3. The summed E-state index contributed by atoms with van der Waals surface area (Å²) in [6.45, 7) is 6.14. The number of halogens is 1. The lowest BCUT2D eigenvalue weighted by atomic mass is 9.96. The summed E-state index contributed by atoms with van der Waals surface area (Å²) in [6.07, 6.45) is 0. The van der Waals surface area contributed by atoms with Crippen LogP contribution in [0.25, 0.3) is 0 Å². The van der Waals surface area contributed by atoms with E-state index in [1.54, 1.807) is 6.07 Å². The van der Waals surface area contributed by atoms with Crippen molar-refractivity contribution in [3.05, 3.63) is 16.5 Å². The number of methoxy groups -OCH3 is 1. The van der Waals surface area contributed by atoms with E-state index < -0.39 is 0 Å².